The smallest absolute Gasteiger partial charge is 0.271 e. The Bertz CT molecular complexity index is 977. The van der Waals surface area contributed by atoms with Crippen LogP contribution in [0, 0.1) is 0 Å². The number of carbonyl (C=O) groups is 1. The molecule has 1 aliphatic rings. The Balaban J connectivity index is 1.34. The fourth-order valence-electron chi connectivity index (χ4n) is 3.24. The van der Waals surface area contributed by atoms with Gasteiger partial charge in [-0.15, -0.1) is 0 Å². The van der Waals surface area contributed by atoms with Crippen LogP contribution in [0.25, 0.3) is 11.3 Å². The molecule has 1 aliphatic heterocycles. The van der Waals surface area contributed by atoms with Gasteiger partial charge in [-0.05, 0) is 24.3 Å². The SMILES string of the molecule is O=C(c1ccn[nH]1)N1CCN(CCn2nc(-c3ccncc3)ccc2=O)CC1. The fraction of sp³-hybridized carbons (Fsp3) is 0.316. The molecule has 3 aromatic rings. The molecule has 1 N–H and O–H groups in total. The van der Waals surface area contributed by atoms with Gasteiger partial charge in [-0.1, -0.05) is 0 Å². The van der Waals surface area contributed by atoms with Crippen LogP contribution in [0.5, 0.6) is 0 Å². The first-order valence-electron chi connectivity index (χ1n) is 9.20. The number of nitrogens with one attached hydrogen (secondary N) is 1. The third-order valence-corrected chi connectivity index (χ3v) is 4.86. The standard InChI is InChI=1S/C19H21N7O2/c27-18-2-1-16(15-3-6-20-7-4-15)23-26(18)14-11-24-9-12-25(13-10-24)19(28)17-5-8-21-22-17/h1-8H,9-14H2,(H,21,22). The lowest BCUT2D eigenvalue weighted by Crippen LogP contribution is -2.49. The third kappa shape index (κ3) is 3.99. The van der Waals surface area contributed by atoms with Crippen LogP contribution < -0.4 is 5.56 Å². The number of hydrogen-bond donors (Lipinski definition) is 1. The van der Waals surface area contributed by atoms with Crippen molar-refractivity contribution in [3.8, 4) is 11.3 Å². The number of nitrogens with zero attached hydrogens (tertiary/aromatic N) is 6. The van der Waals surface area contributed by atoms with Crippen LogP contribution >= 0.6 is 0 Å². The second kappa shape index (κ2) is 8.13. The molecule has 9 nitrogen and oxygen atoms in total. The molecule has 1 amide bonds. The van der Waals surface area contributed by atoms with Crippen molar-refractivity contribution < 1.29 is 4.79 Å². The molecule has 9 heteroatoms. The van der Waals surface area contributed by atoms with Crippen LogP contribution in [0.4, 0.5) is 0 Å². The van der Waals surface area contributed by atoms with Crippen molar-refractivity contribution in [2.24, 2.45) is 0 Å². The minimum atomic E-state index is -0.120. The largest absolute Gasteiger partial charge is 0.335 e. The van der Waals surface area contributed by atoms with Gasteiger partial charge < -0.3 is 4.90 Å². The van der Waals surface area contributed by atoms with Crippen LogP contribution in [0.15, 0.2) is 53.7 Å². The first kappa shape index (κ1) is 18.1. The molecule has 0 bridgehead atoms. The van der Waals surface area contributed by atoms with Gasteiger partial charge in [0.2, 0.25) is 0 Å². The molecule has 3 aromatic heterocycles. The van der Waals surface area contributed by atoms with Gasteiger partial charge in [0.1, 0.15) is 5.69 Å². The Morgan fingerprint density at radius 1 is 0.964 bits per heavy atom. The zero-order valence-corrected chi connectivity index (χ0v) is 15.4. The first-order chi connectivity index (χ1) is 13.7. The Hall–Kier alpha value is -3.33. The van der Waals surface area contributed by atoms with E-state index in [0.29, 0.717) is 31.9 Å². The number of H-pyrrole nitrogens is 1. The number of pyridine rings is 1. The average molecular weight is 379 g/mol. The summed E-state index contributed by atoms with van der Waals surface area (Å²) in [5.41, 5.74) is 2.06. The summed E-state index contributed by atoms with van der Waals surface area (Å²) >= 11 is 0. The highest BCUT2D eigenvalue weighted by atomic mass is 16.2. The lowest BCUT2D eigenvalue weighted by molar-refractivity contribution is 0.0625. The zero-order chi connectivity index (χ0) is 19.3. The fourth-order valence-corrected chi connectivity index (χ4v) is 3.24. The van der Waals surface area contributed by atoms with Crippen LogP contribution in [0.1, 0.15) is 10.5 Å². The quantitative estimate of drug-likeness (QED) is 0.692. The summed E-state index contributed by atoms with van der Waals surface area (Å²) in [6.07, 6.45) is 4.99. The van der Waals surface area contributed by atoms with E-state index in [1.54, 1.807) is 36.8 Å². The van der Waals surface area contributed by atoms with Crippen molar-refractivity contribution in [2.75, 3.05) is 32.7 Å². The summed E-state index contributed by atoms with van der Waals surface area (Å²) in [6.45, 7) is 4.04. The Kier molecular flexibility index (Phi) is 5.24. The molecule has 0 radical (unpaired) electrons. The van der Waals surface area contributed by atoms with Gasteiger partial charge in [-0.3, -0.25) is 24.6 Å². The average Bonchev–Trinajstić information content (AvgIpc) is 3.29. The molecule has 0 aromatic carbocycles. The Morgan fingerprint density at radius 3 is 2.46 bits per heavy atom. The third-order valence-electron chi connectivity index (χ3n) is 4.86. The van der Waals surface area contributed by atoms with Gasteiger partial charge in [0.25, 0.3) is 11.5 Å². The lowest BCUT2D eigenvalue weighted by Gasteiger charge is -2.34. The summed E-state index contributed by atoms with van der Waals surface area (Å²) in [4.78, 5) is 32.6. The van der Waals surface area contributed by atoms with E-state index >= 15 is 0 Å². The zero-order valence-electron chi connectivity index (χ0n) is 15.4. The molecule has 4 heterocycles. The van der Waals surface area contributed by atoms with Crippen molar-refractivity contribution in [1.82, 2.24) is 34.8 Å². The predicted molar refractivity (Wildman–Crippen MR) is 103 cm³/mol. The van der Waals surface area contributed by atoms with Crippen LogP contribution in [0.2, 0.25) is 0 Å². The molecular formula is C19H21N7O2. The number of aromatic nitrogens is 5. The molecular weight excluding hydrogens is 358 g/mol. The highest BCUT2D eigenvalue weighted by Crippen LogP contribution is 2.13. The number of amides is 1. The van der Waals surface area contributed by atoms with Crippen molar-refractivity contribution in [3.63, 3.8) is 0 Å². The van der Waals surface area contributed by atoms with Gasteiger partial charge in [0, 0.05) is 62.9 Å². The molecule has 28 heavy (non-hydrogen) atoms. The van der Waals surface area contributed by atoms with E-state index in [0.717, 1.165) is 24.3 Å². The monoisotopic (exact) mass is 379 g/mol. The van der Waals surface area contributed by atoms with E-state index in [9.17, 15) is 9.59 Å². The van der Waals surface area contributed by atoms with E-state index in [-0.39, 0.29) is 11.5 Å². The summed E-state index contributed by atoms with van der Waals surface area (Å²) < 4.78 is 1.50. The maximum atomic E-state index is 12.3. The van der Waals surface area contributed by atoms with Gasteiger partial charge in [0.05, 0.1) is 12.2 Å². The second-order valence-electron chi connectivity index (χ2n) is 6.62. The van der Waals surface area contributed by atoms with E-state index in [2.05, 4.69) is 25.2 Å². The summed E-state index contributed by atoms with van der Waals surface area (Å²) in [5.74, 6) is -0.0277. The number of hydrogen-bond acceptors (Lipinski definition) is 6. The van der Waals surface area contributed by atoms with E-state index < -0.39 is 0 Å². The van der Waals surface area contributed by atoms with E-state index in [1.165, 1.54) is 4.68 Å². The minimum absolute atomic E-state index is 0.0277. The maximum Gasteiger partial charge on any atom is 0.271 e. The van der Waals surface area contributed by atoms with Crippen LogP contribution in [-0.2, 0) is 6.54 Å². The van der Waals surface area contributed by atoms with Gasteiger partial charge in [0.15, 0.2) is 0 Å². The van der Waals surface area contributed by atoms with Crippen molar-refractivity contribution in [3.05, 3.63) is 65.0 Å². The normalized spacial score (nSPS) is 14.9. The lowest BCUT2D eigenvalue weighted by atomic mass is 10.2. The van der Waals surface area contributed by atoms with Crippen LogP contribution in [0.3, 0.4) is 0 Å². The predicted octanol–water partition coefficient (Wildman–Crippen LogP) is 0.486. The molecule has 1 saturated heterocycles. The highest BCUT2D eigenvalue weighted by molar-refractivity contribution is 5.92. The molecule has 4 rings (SSSR count). The molecule has 0 atom stereocenters. The molecule has 0 saturated carbocycles. The van der Waals surface area contributed by atoms with Crippen molar-refractivity contribution in [1.29, 1.82) is 0 Å². The highest BCUT2D eigenvalue weighted by Gasteiger charge is 2.22. The summed E-state index contributed by atoms with van der Waals surface area (Å²) in [7, 11) is 0. The molecule has 0 unspecified atom stereocenters. The summed E-state index contributed by atoms with van der Waals surface area (Å²) in [6, 6.07) is 8.69. The molecule has 144 valence electrons. The Morgan fingerprint density at radius 2 is 1.75 bits per heavy atom. The number of carbonyl (C=O) groups excluding carboxylic acids is 1. The van der Waals surface area contributed by atoms with Crippen molar-refractivity contribution in [2.45, 2.75) is 6.54 Å². The molecule has 0 spiro atoms. The van der Waals surface area contributed by atoms with E-state index in [1.807, 2.05) is 17.0 Å². The number of rotatable bonds is 5. The second-order valence-corrected chi connectivity index (χ2v) is 6.62. The van der Waals surface area contributed by atoms with Gasteiger partial charge in [-0.25, -0.2) is 4.68 Å². The maximum absolute atomic E-state index is 12.3. The Labute approximate surface area is 161 Å². The minimum Gasteiger partial charge on any atom is -0.335 e. The van der Waals surface area contributed by atoms with Gasteiger partial charge >= 0.3 is 0 Å². The van der Waals surface area contributed by atoms with Crippen molar-refractivity contribution >= 4 is 5.91 Å². The number of aromatic amines is 1. The molecule has 0 aliphatic carbocycles. The number of piperazine rings is 1. The van der Waals surface area contributed by atoms with Gasteiger partial charge in [-0.2, -0.15) is 10.2 Å². The van der Waals surface area contributed by atoms with Crippen LogP contribution in [-0.4, -0.2) is 73.4 Å². The summed E-state index contributed by atoms with van der Waals surface area (Å²) in [5, 5.41) is 11.0. The first-order valence-corrected chi connectivity index (χ1v) is 9.20. The topological polar surface area (TPSA) is 100 Å². The van der Waals surface area contributed by atoms with E-state index in [4.69, 9.17) is 0 Å². The molecule has 1 fully saturated rings.